The minimum absolute atomic E-state index is 0.593. The first-order valence-corrected chi connectivity index (χ1v) is 5.71. The van der Waals surface area contributed by atoms with Crippen molar-refractivity contribution in [2.24, 2.45) is 0 Å². The molecule has 0 aliphatic heterocycles. The van der Waals surface area contributed by atoms with Gasteiger partial charge in [0.15, 0.2) is 0 Å². The third-order valence-corrected chi connectivity index (χ3v) is 3.36. The first-order valence-electron chi connectivity index (χ1n) is 4.83. The molecule has 1 aromatic carbocycles. The van der Waals surface area contributed by atoms with Gasteiger partial charge >= 0.3 is 0 Å². The Morgan fingerprint density at radius 3 is 2.67 bits per heavy atom. The highest BCUT2D eigenvalue weighted by atomic mass is 32.1. The van der Waals surface area contributed by atoms with E-state index in [-0.39, 0.29) is 0 Å². The van der Waals surface area contributed by atoms with E-state index < -0.39 is 6.10 Å². The molecule has 0 fully saturated rings. The molecule has 0 saturated carbocycles. The molecule has 1 unspecified atom stereocenters. The first-order chi connectivity index (χ1) is 7.18. The Hall–Kier alpha value is -1.19. The number of hydrogen-bond donors (Lipinski definition) is 1. The molecule has 0 radical (unpaired) electrons. The summed E-state index contributed by atoms with van der Waals surface area (Å²) in [7, 11) is 0. The number of hydrogen-bond acceptors (Lipinski definition) is 3. The number of benzene rings is 1. The monoisotopic (exact) mass is 219 g/mol. The van der Waals surface area contributed by atoms with E-state index in [2.05, 4.69) is 11.9 Å². The van der Waals surface area contributed by atoms with E-state index in [1.165, 1.54) is 22.5 Å². The number of aliphatic hydroxyl groups is 1. The van der Waals surface area contributed by atoms with Gasteiger partial charge in [-0.15, -0.1) is 11.3 Å². The maximum atomic E-state index is 10.0. The maximum Gasteiger partial charge on any atom is 0.131 e. The van der Waals surface area contributed by atoms with Gasteiger partial charge in [0.05, 0.1) is 0 Å². The van der Waals surface area contributed by atoms with Gasteiger partial charge in [0, 0.05) is 11.6 Å². The van der Waals surface area contributed by atoms with Gasteiger partial charge in [0.25, 0.3) is 0 Å². The van der Waals surface area contributed by atoms with Crippen LogP contribution in [0.4, 0.5) is 0 Å². The zero-order valence-corrected chi connectivity index (χ0v) is 9.58. The van der Waals surface area contributed by atoms with E-state index in [0.717, 1.165) is 10.6 Å². The van der Waals surface area contributed by atoms with Crippen molar-refractivity contribution in [3.8, 4) is 0 Å². The van der Waals surface area contributed by atoms with Crippen LogP contribution in [0.25, 0.3) is 0 Å². The fourth-order valence-electron chi connectivity index (χ4n) is 1.45. The highest BCUT2D eigenvalue weighted by Crippen LogP contribution is 2.24. The van der Waals surface area contributed by atoms with Crippen molar-refractivity contribution >= 4 is 11.3 Å². The van der Waals surface area contributed by atoms with Crippen LogP contribution < -0.4 is 0 Å². The summed E-state index contributed by atoms with van der Waals surface area (Å²) in [6.45, 7) is 4.11. The molecule has 78 valence electrons. The molecule has 2 nitrogen and oxygen atoms in total. The normalized spacial score (nSPS) is 12.7. The number of rotatable bonds is 2. The van der Waals surface area contributed by atoms with E-state index in [4.69, 9.17) is 0 Å². The van der Waals surface area contributed by atoms with Crippen molar-refractivity contribution in [3.05, 3.63) is 51.5 Å². The molecule has 0 amide bonds. The number of aryl methyl sites for hydroxylation is 2. The molecule has 1 heterocycles. The number of aliphatic hydroxyl groups excluding tert-OH is 1. The summed E-state index contributed by atoms with van der Waals surface area (Å²) in [5.74, 6) is 0. The summed E-state index contributed by atoms with van der Waals surface area (Å²) < 4.78 is 0. The molecule has 0 aliphatic rings. The molecule has 0 bridgehead atoms. The number of thiazole rings is 1. The molecule has 15 heavy (non-hydrogen) atoms. The smallest absolute Gasteiger partial charge is 0.131 e. The number of nitrogens with zero attached hydrogens (tertiary/aromatic N) is 1. The molecule has 0 spiro atoms. The lowest BCUT2D eigenvalue weighted by Crippen LogP contribution is -1.99. The lowest BCUT2D eigenvalue weighted by atomic mass is 10.0. The first kappa shape index (κ1) is 10.3. The Bertz CT molecular complexity index is 451. The van der Waals surface area contributed by atoms with Crippen molar-refractivity contribution in [3.63, 3.8) is 0 Å². The average molecular weight is 219 g/mol. The fraction of sp³-hybridized carbons (Fsp3) is 0.250. The summed E-state index contributed by atoms with van der Waals surface area (Å²) in [6.07, 6.45) is 1.12. The largest absolute Gasteiger partial charge is 0.381 e. The predicted octanol–water partition coefficient (Wildman–Crippen LogP) is 2.84. The zero-order chi connectivity index (χ0) is 10.8. The molecule has 0 saturated heterocycles. The van der Waals surface area contributed by atoms with Crippen molar-refractivity contribution in [1.29, 1.82) is 0 Å². The average Bonchev–Trinajstić information content (AvgIpc) is 2.74. The molecular weight excluding hydrogens is 206 g/mol. The minimum Gasteiger partial charge on any atom is -0.381 e. The molecule has 1 aromatic heterocycles. The van der Waals surface area contributed by atoms with Crippen LogP contribution in [-0.2, 0) is 0 Å². The van der Waals surface area contributed by atoms with Crippen LogP contribution in [0.15, 0.2) is 29.8 Å². The van der Waals surface area contributed by atoms with Crippen LogP contribution >= 0.6 is 11.3 Å². The SMILES string of the molecule is Cc1ccc(C(O)c2nccs2)cc1C. The van der Waals surface area contributed by atoms with E-state index in [0.29, 0.717) is 0 Å². The van der Waals surface area contributed by atoms with Gasteiger partial charge in [-0.05, 0) is 30.5 Å². The quantitative estimate of drug-likeness (QED) is 0.842. The molecule has 3 heteroatoms. The second kappa shape index (κ2) is 4.13. The van der Waals surface area contributed by atoms with Crippen molar-refractivity contribution < 1.29 is 5.11 Å². The van der Waals surface area contributed by atoms with Crippen LogP contribution in [0.2, 0.25) is 0 Å². The van der Waals surface area contributed by atoms with Gasteiger partial charge in [0.1, 0.15) is 11.1 Å². The molecule has 1 N–H and O–H groups in total. The van der Waals surface area contributed by atoms with E-state index >= 15 is 0 Å². The second-order valence-electron chi connectivity index (χ2n) is 3.62. The van der Waals surface area contributed by atoms with Crippen LogP contribution in [0.3, 0.4) is 0 Å². The Labute approximate surface area is 93.2 Å². The van der Waals surface area contributed by atoms with Gasteiger partial charge in [-0.25, -0.2) is 4.98 Å². The highest BCUT2D eigenvalue weighted by Gasteiger charge is 2.12. The molecule has 2 aromatic rings. The summed E-state index contributed by atoms with van der Waals surface area (Å²) >= 11 is 1.47. The summed E-state index contributed by atoms with van der Waals surface area (Å²) in [5, 5.41) is 12.7. The van der Waals surface area contributed by atoms with Gasteiger partial charge in [-0.1, -0.05) is 18.2 Å². The van der Waals surface area contributed by atoms with Crippen molar-refractivity contribution in [2.45, 2.75) is 20.0 Å². The van der Waals surface area contributed by atoms with E-state index in [9.17, 15) is 5.11 Å². The minimum atomic E-state index is -0.593. The van der Waals surface area contributed by atoms with Gasteiger partial charge in [-0.2, -0.15) is 0 Å². The fourth-order valence-corrected chi connectivity index (χ4v) is 2.09. The van der Waals surface area contributed by atoms with Crippen LogP contribution in [0, 0.1) is 13.8 Å². The summed E-state index contributed by atoms with van der Waals surface area (Å²) in [5.41, 5.74) is 3.35. The topological polar surface area (TPSA) is 33.1 Å². The van der Waals surface area contributed by atoms with E-state index in [1.807, 2.05) is 30.5 Å². The van der Waals surface area contributed by atoms with Crippen LogP contribution in [-0.4, -0.2) is 10.1 Å². The van der Waals surface area contributed by atoms with Crippen molar-refractivity contribution in [2.75, 3.05) is 0 Å². The molecule has 0 aliphatic carbocycles. The third-order valence-electron chi connectivity index (χ3n) is 2.53. The summed E-state index contributed by atoms with van der Waals surface area (Å²) in [6, 6.07) is 6.00. The third kappa shape index (κ3) is 2.08. The Morgan fingerprint density at radius 1 is 1.27 bits per heavy atom. The Kier molecular flexibility index (Phi) is 2.84. The summed E-state index contributed by atoms with van der Waals surface area (Å²) in [4.78, 5) is 4.11. The van der Waals surface area contributed by atoms with Gasteiger partial charge < -0.3 is 5.11 Å². The lowest BCUT2D eigenvalue weighted by Gasteiger charge is -2.09. The van der Waals surface area contributed by atoms with E-state index in [1.54, 1.807) is 6.20 Å². The molecular formula is C12H13NOS. The van der Waals surface area contributed by atoms with Gasteiger partial charge in [-0.3, -0.25) is 0 Å². The zero-order valence-electron chi connectivity index (χ0n) is 8.77. The van der Waals surface area contributed by atoms with Crippen molar-refractivity contribution in [1.82, 2.24) is 4.98 Å². The van der Waals surface area contributed by atoms with Gasteiger partial charge in [0.2, 0.25) is 0 Å². The Balaban J connectivity index is 2.34. The Morgan fingerprint density at radius 2 is 2.07 bits per heavy atom. The second-order valence-corrected chi connectivity index (χ2v) is 4.54. The van der Waals surface area contributed by atoms with Crippen LogP contribution in [0.1, 0.15) is 27.8 Å². The standard InChI is InChI=1S/C12H13NOS/c1-8-3-4-10(7-9(8)2)11(14)12-13-5-6-15-12/h3-7,11,14H,1-2H3. The molecule has 1 atom stereocenters. The highest BCUT2D eigenvalue weighted by molar-refractivity contribution is 7.09. The maximum absolute atomic E-state index is 10.0. The lowest BCUT2D eigenvalue weighted by molar-refractivity contribution is 0.219. The molecule has 2 rings (SSSR count). The van der Waals surface area contributed by atoms with Crippen LogP contribution in [0.5, 0.6) is 0 Å². The predicted molar refractivity (Wildman–Crippen MR) is 62.1 cm³/mol. The number of aromatic nitrogens is 1.